The average Bonchev–Trinajstić information content (AvgIpc) is 2.22. The van der Waals surface area contributed by atoms with Crippen molar-refractivity contribution in [1.82, 2.24) is 4.90 Å². The molecule has 0 bridgehead atoms. The SMILES string of the molecule is CC(C)CC(C=O)B1OC(=O)CN(C)CC(=O)O1. The zero-order chi connectivity index (χ0) is 13.7. The summed E-state index contributed by atoms with van der Waals surface area (Å²) in [6, 6.07) is 0. The van der Waals surface area contributed by atoms with Crippen LogP contribution in [-0.4, -0.2) is 50.4 Å². The monoisotopic (exact) mass is 255 g/mol. The summed E-state index contributed by atoms with van der Waals surface area (Å²) < 4.78 is 10.1. The Morgan fingerprint density at radius 1 is 1.28 bits per heavy atom. The molecule has 1 unspecified atom stereocenters. The molecule has 18 heavy (non-hydrogen) atoms. The van der Waals surface area contributed by atoms with Crippen LogP contribution in [0.3, 0.4) is 0 Å². The molecular formula is C11H18BNO5. The molecule has 1 atom stereocenters. The van der Waals surface area contributed by atoms with Crippen molar-refractivity contribution in [3.63, 3.8) is 0 Å². The first-order valence-electron chi connectivity index (χ1n) is 5.95. The molecule has 0 aromatic carbocycles. The smallest absolute Gasteiger partial charge is 0.498 e. The predicted octanol–water partition coefficient (Wildman–Crippen LogP) is 0.122. The van der Waals surface area contributed by atoms with E-state index in [-0.39, 0.29) is 19.0 Å². The maximum atomic E-state index is 11.5. The van der Waals surface area contributed by atoms with Gasteiger partial charge in [0, 0.05) is 0 Å². The Kier molecular flexibility index (Phi) is 5.34. The van der Waals surface area contributed by atoms with Gasteiger partial charge in [-0.25, -0.2) is 0 Å². The summed E-state index contributed by atoms with van der Waals surface area (Å²) in [5.41, 5.74) is 0. The standard InChI is InChI=1S/C11H18BNO5/c1-8(2)4-9(7-14)12-17-10(15)5-13(3)6-11(16)18-12/h7-9H,4-6H2,1-3H3. The fourth-order valence-corrected chi connectivity index (χ4v) is 1.80. The molecule has 0 aliphatic carbocycles. The normalized spacial score (nSPS) is 19.9. The van der Waals surface area contributed by atoms with E-state index < -0.39 is 24.9 Å². The molecule has 0 saturated carbocycles. The van der Waals surface area contributed by atoms with Crippen molar-refractivity contribution in [1.29, 1.82) is 0 Å². The maximum absolute atomic E-state index is 11.5. The first-order chi connectivity index (χ1) is 8.42. The zero-order valence-electron chi connectivity index (χ0n) is 10.9. The van der Waals surface area contributed by atoms with E-state index >= 15 is 0 Å². The van der Waals surface area contributed by atoms with Crippen LogP contribution in [-0.2, 0) is 23.7 Å². The van der Waals surface area contributed by atoms with Crippen LogP contribution in [0.5, 0.6) is 0 Å². The van der Waals surface area contributed by atoms with Gasteiger partial charge in [-0.1, -0.05) is 13.8 Å². The molecular weight excluding hydrogens is 237 g/mol. The lowest BCUT2D eigenvalue weighted by atomic mass is 9.68. The minimum Gasteiger partial charge on any atom is -0.498 e. The number of aldehydes is 1. The summed E-state index contributed by atoms with van der Waals surface area (Å²) >= 11 is 0. The number of likely N-dealkylation sites (N-methyl/N-ethyl adjacent to an activating group) is 1. The summed E-state index contributed by atoms with van der Waals surface area (Å²) in [5, 5.41) is 0. The molecule has 100 valence electrons. The van der Waals surface area contributed by atoms with E-state index in [1.54, 1.807) is 7.05 Å². The lowest BCUT2D eigenvalue weighted by Crippen LogP contribution is -2.44. The number of nitrogens with zero attached hydrogens (tertiary/aromatic N) is 1. The Morgan fingerprint density at radius 2 is 1.78 bits per heavy atom. The summed E-state index contributed by atoms with van der Waals surface area (Å²) in [5.74, 6) is -1.36. The van der Waals surface area contributed by atoms with Crippen molar-refractivity contribution in [2.45, 2.75) is 26.1 Å². The third kappa shape index (κ3) is 4.48. The molecule has 1 fully saturated rings. The fraction of sp³-hybridized carbons (Fsp3) is 0.727. The zero-order valence-corrected chi connectivity index (χ0v) is 10.9. The second-order valence-corrected chi connectivity index (χ2v) is 4.95. The Hall–Kier alpha value is -1.37. The number of hydrogen-bond acceptors (Lipinski definition) is 6. The molecule has 1 heterocycles. The van der Waals surface area contributed by atoms with Crippen molar-refractivity contribution in [2.24, 2.45) is 5.92 Å². The molecule has 0 amide bonds. The molecule has 6 nitrogen and oxygen atoms in total. The second kappa shape index (κ2) is 6.54. The lowest BCUT2D eigenvalue weighted by molar-refractivity contribution is -0.146. The highest BCUT2D eigenvalue weighted by Gasteiger charge is 2.39. The fourth-order valence-electron chi connectivity index (χ4n) is 1.80. The molecule has 1 rings (SSSR count). The van der Waals surface area contributed by atoms with Crippen molar-refractivity contribution in [2.75, 3.05) is 20.1 Å². The van der Waals surface area contributed by atoms with Gasteiger partial charge in [-0.05, 0) is 19.4 Å². The van der Waals surface area contributed by atoms with Crippen LogP contribution in [0.15, 0.2) is 0 Å². The van der Waals surface area contributed by atoms with Crippen molar-refractivity contribution < 1.29 is 23.7 Å². The number of hydrogen-bond donors (Lipinski definition) is 0. The largest absolute Gasteiger partial charge is 0.609 e. The number of rotatable bonds is 4. The predicted molar refractivity (Wildman–Crippen MR) is 64.7 cm³/mol. The highest BCUT2D eigenvalue weighted by Crippen LogP contribution is 2.21. The first-order valence-corrected chi connectivity index (χ1v) is 5.95. The summed E-state index contributed by atoms with van der Waals surface area (Å²) in [4.78, 5) is 35.5. The van der Waals surface area contributed by atoms with Crippen LogP contribution in [0, 0.1) is 5.92 Å². The van der Waals surface area contributed by atoms with Gasteiger partial charge >= 0.3 is 19.1 Å². The highest BCUT2D eigenvalue weighted by atomic mass is 16.6. The Morgan fingerprint density at radius 3 is 2.17 bits per heavy atom. The number of carbonyl (C=O) groups excluding carboxylic acids is 3. The van der Waals surface area contributed by atoms with E-state index in [9.17, 15) is 14.4 Å². The molecule has 0 radical (unpaired) electrons. The Balaban J connectivity index is 2.74. The van der Waals surface area contributed by atoms with Crippen LogP contribution in [0.4, 0.5) is 0 Å². The van der Waals surface area contributed by atoms with Crippen molar-refractivity contribution in [3.05, 3.63) is 0 Å². The second-order valence-electron chi connectivity index (χ2n) is 4.95. The first kappa shape index (κ1) is 14.7. The third-order valence-corrected chi connectivity index (χ3v) is 2.56. The van der Waals surface area contributed by atoms with Gasteiger partial charge in [0.05, 0.1) is 18.9 Å². The molecule has 0 aromatic rings. The van der Waals surface area contributed by atoms with Gasteiger partial charge in [0.1, 0.15) is 6.29 Å². The summed E-state index contributed by atoms with van der Waals surface area (Å²) in [6.45, 7) is 3.91. The van der Waals surface area contributed by atoms with E-state index in [0.717, 1.165) is 0 Å². The molecule has 0 N–H and O–H groups in total. The van der Waals surface area contributed by atoms with Crippen LogP contribution >= 0.6 is 0 Å². The highest BCUT2D eigenvalue weighted by molar-refractivity contribution is 6.54. The van der Waals surface area contributed by atoms with Crippen molar-refractivity contribution in [3.8, 4) is 0 Å². The maximum Gasteiger partial charge on any atom is 0.609 e. The van der Waals surface area contributed by atoms with E-state index in [0.29, 0.717) is 12.7 Å². The van der Waals surface area contributed by atoms with E-state index in [1.807, 2.05) is 13.8 Å². The minimum absolute atomic E-state index is 0.0128. The molecule has 1 saturated heterocycles. The van der Waals surface area contributed by atoms with Gasteiger partial charge in [0.2, 0.25) is 0 Å². The quantitative estimate of drug-likeness (QED) is 0.524. The molecule has 0 aromatic heterocycles. The van der Waals surface area contributed by atoms with Gasteiger partial charge < -0.3 is 14.1 Å². The van der Waals surface area contributed by atoms with Gasteiger partial charge in [-0.2, -0.15) is 0 Å². The van der Waals surface area contributed by atoms with Gasteiger partial charge in [0.25, 0.3) is 0 Å². The summed E-state index contributed by atoms with van der Waals surface area (Å²) in [7, 11) is 0.521. The van der Waals surface area contributed by atoms with E-state index in [2.05, 4.69) is 0 Å². The minimum atomic E-state index is -1.10. The van der Waals surface area contributed by atoms with E-state index in [4.69, 9.17) is 9.31 Å². The van der Waals surface area contributed by atoms with E-state index in [1.165, 1.54) is 4.90 Å². The average molecular weight is 255 g/mol. The molecule has 0 spiro atoms. The number of carbonyl (C=O) groups is 3. The topological polar surface area (TPSA) is 72.9 Å². The lowest BCUT2D eigenvalue weighted by Gasteiger charge is -2.25. The van der Waals surface area contributed by atoms with Crippen LogP contribution < -0.4 is 0 Å². The van der Waals surface area contributed by atoms with Crippen LogP contribution in [0.2, 0.25) is 5.82 Å². The molecule has 7 heteroatoms. The van der Waals surface area contributed by atoms with Crippen LogP contribution in [0.1, 0.15) is 20.3 Å². The van der Waals surface area contributed by atoms with Gasteiger partial charge in [-0.3, -0.25) is 14.5 Å². The van der Waals surface area contributed by atoms with Gasteiger partial charge in [-0.15, -0.1) is 0 Å². The Bertz CT molecular complexity index is 313. The third-order valence-electron chi connectivity index (χ3n) is 2.56. The van der Waals surface area contributed by atoms with Gasteiger partial charge in [0.15, 0.2) is 0 Å². The summed E-state index contributed by atoms with van der Waals surface area (Å²) in [6.07, 6.45) is 1.18. The molecule has 1 aliphatic rings. The molecule has 1 aliphatic heterocycles. The Labute approximate surface area is 107 Å². The van der Waals surface area contributed by atoms with Crippen molar-refractivity contribution >= 4 is 25.3 Å². The van der Waals surface area contributed by atoms with Crippen LogP contribution in [0.25, 0.3) is 0 Å².